The van der Waals surface area contributed by atoms with Gasteiger partial charge in [0.05, 0.1) is 10.5 Å². The minimum atomic E-state index is -4.16. The van der Waals surface area contributed by atoms with E-state index in [0.29, 0.717) is 18.5 Å². The monoisotopic (exact) mass is 559 g/mol. The lowest BCUT2D eigenvalue weighted by Crippen LogP contribution is -2.30. The van der Waals surface area contributed by atoms with E-state index >= 15 is 0 Å². The van der Waals surface area contributed by atoms with Crippen molar-refractivity contribution < 1.29 is 32.3 Å². The summed E-state index contributed by atoms with van der Waals surface area (Å²) in [7, 11) is -4.16. The van der Waals surface area contributed by atoms with Crippen molar-refractivity contribution in [1.29, 1.82) is 0 Å². The van der Waals surface area contributed by atoms with Gasteiger partial charge in [-0.25, -0.2) is 22.9 Å². The average Bonchev–Trinajstić information content (AvgIpc) is 2.97. The highest BCUT2D eigenvalue weighted by molar-refractivity contribution is 7.90. The van der Waals surface area contributed by atoms with Gasteiger partial charge in [-0.2, -0.15) is 0 Å². The minimum absolute atomic E-state index is 0.0177. The number of nitrogens with one attached hydrogen (secondary N) is 2. The Kier molecular flexibility index (Phi) is 9.21. The quantitative estimate of drug-likeness (QED) is 0.279. The zero-order valence-electron chi connectivity index (χ0n) is 21.1. The molecule has 2 amide bonds. The summed E-state index contributed by atoms with van der Waals surface area (Å²) in [5.74, 6) is -1.22. The molecule has 4 rings (SSSR count). The van der Waals surface area contributed by atoms with Crippen molar-refractivity contribution in [2.45, 2.75) is 17.9 Å². The number of carbonyl (C=O) groups is 3. The van der Waals surface area contributed by atoms with Crippen LogP contribution in [-0.2, 0) is 27.8 Å². The highest BCUT2D eigenvalue weighted by Gasteiger charge is 2.19. The molecule has 3 aromatic carbocycles. The van der Waals surface area contributed by atoms with E-state index in [-0.39, 0.29) is 28.9 Å². The van der Waals surface area contributed by atoms with Gasteiger partial charge >= 0.3 is 6.16 Å². The van der Waals surface area contributed by atoms with Crippen LogP contribution in [0.4, 0.5) is 4.79 Å². The fourth-order valence-corrected chi connectivity index (χ4v) is 4.47. The highest BCUT2D eigenvalue weighted by atomic mass is 32.2. The SMILES string of the molecule is O=C(OCc1ccccc1)Oc1ccc(C(=O)NS(=O)(=O)c2ccc(CCNC(=O)c3ccccc3)cc2)cn1. The summed E-state index contributed by atoms with van der Waals surface area (Å²) in [5.41, 5.74) is 2.08. The van der Waals surface area contributed by atoms with Crippen LogP contribution < -0.4 is 14.8 Å². The third-order valence-electron chi connectivity index (χ3n) is 5.58. The van der Waals surface area contributed by atoms with Crippen LogP contribution in [0.2, 0.25) is 0 Å². The van der Waals surface area contributed by atoms with Gasteiger partial charge in [0.2, 0.25) is 5.88 Å². The molecule has 4 aromatic rings. The fraction of sp³-hybridized carbons (Fsp3) is 0.103. The van der Waals surface area contributed by atoms with Crippen LogP contribution in [0.5, 0.6) is 5.88 Å². The van der Waals surface area contributed by atoms with Crippen LogP contribution in [0.15, 0.2) is 108 Å². The van der Waals surface area contributed by atoms with Gasteiger partial charge in [-0.15, -0.1) is 0 Å². The summed E-state index contributed by atoms with van der Waals surface area (Å²) in [6, 6.07) is 26.3. The van der Waals surface area contributed by atoms with Crippen molar-refractivity contribution in [1.82, 2.24) is 15.0 Å². The number of nitrogens with zero attached hydrogens (tertiary/aromatic N) is 1. The number of hydrogen-bond acceptors (Lipinski definition) is 8. The second-order valence-electron chi connectivity index (χ2n) is 8.46. The summed E-state index contributed by atoms with van der Waals surface area (Å²) in [6.45, 7) is 0.387. The molecule has 0 saturated heterocycles. The number of sulfonamides is 1. The summed E-state index contributed by atoms with van der Waals surface area (Å²) in [4.78, 5) is 40.2. The summed E-state index contributed by atoms with van der Waals surface area (Å²) >= 11 is 0. The van der Waals surface area contributed by atoms with Crippen LogP contribution in [0.25, 0.3) is 0 Å². The Bertz CT molecular complexity index is 1560. The molecule has 204 valence electrons. The zero-order valence-corrected chi connectivity index (χ0v) is 22.0. The molecule has 0 aliphatic heterocycles. The van der Waals surface area contributed by atoms with E-state index in [0.717, 1.165) is 17.3 Å². The second-order valence-corrected chi connectivity index (χ2v) is 10.1. The smallest absolute Gasteiger partial charge is 0.429 e. The molecule has 11 heteroatoms. The lowest BCUT2D eigenvalue weighted by molar-refractivity contribution is 0.0910. The predicted molar refractivity (Wildman–Crippen MR) is 145 cm³/mol. The first-order valence-electron chi connectivity index (χ1n) is 12.1. The first-order valence-corrected chi connectivity index (χ1v) is 13.6. The van der Waals surface area contributed by atoms with Crippen molar-refractivity contribution in [3.8, 4) is 5.88 Å². The van der Waals surface area contributed by atoms with E-state index < -0.39 is 22.1 Å². The van der Waals surface area contributed by atoms with E-state index in [1.165, 1.54) is 24.3 Å². The Hall–Kier alpha value is -5.03. The molecule has 1 aromatic heterocycles. The van der Waals surface area contributed by atoms with Crippen molar-refractivity contribution in [2.75, 3.05) is 6.54 Å². The number of pyridine rings is 1. The molecule has 2 N–H and O–H groups in total. The average molecular weight is 560 g/mol. The summed E-state index contributed by atoms with van der Waals surface area (Å²) in [6.07, 6.45) is 0.598. The fourth-order valence-electron chi connectivity index (χ4n) is 3.49. The molecule has 0 saturated carbocycles. The van der Waals surface area contributed by atoms with Crippen molar-refractivity contribution in [2.24, 2.45) is 0 Å². The number of amides is 2. The van der Waals surface area contributed by atoms with E-state index in [4.69, 9.17) is 9.47 Å². The summed E-state index contributed by atoms with van der Waals surface area (Å²) in [5, 5.41) is 2.81. The van der Waals surface area contributed by atoms with Gasteiger partial charge in [0.25, 0.3) is 21.8 Å². The second kappa shape index (κ2) is 13.2. The third kappa shape index (κ3) is 7.98. The normalized spacial score (nSPS) is 10.8. The number of hydrogen-bond donors (Lipinski definition) is 2. The zero-order chi connectivity index (χ0) is 28.4. The molecular formula is C29H25N3O7S. The molecule has 0 fully saturated rings. The van der Waals surface area contributed by atoms with E-state index in [1.54, 1.807) is 48.5 Å². The largest absolute Gasteiger partial charge is 0.515 e. The maximum Gasteiger partial charge on any atom is 0.515 e. The topological polar surface area (TPSA) is 141 Å². The standard InChI is InChI=1S/C29H25N3O7S/c33-27(23-9-5-2-6-10-23)30-18-17-21-11-14-25(15-12-21)40(36,37)32-28(34)24-13-16-26(31-19-24)39-29(35)38-20-22-7-3-1-4-8-22/h1-16,19H,17-18,20H2,(H,30,33)(H,32,34). The first kappa shape index (κ1) is 28.0. The first-order chi connectivity index (χ1) is 19.3. The molecule has 0 spiro atoms. The van der Waals surface area contributed by atoms with Gasteiger partial charge < -0.3 is 14.8 Å². The lowest BCUT2D eigenvalue weighted by atomic mass is 10.1. The number of carbonyl (C=O) groups excluding carboxylic acids is 3. The van der Waals surface area contributed by atoms with Gasteiger partial charge in [-0.1, -0.05) is 60.7 Å². The molecule has 0 aliphatic carbocycles. The molecule has 0 unspecified atom stereocenters. The van der Waals surface area contributed by atoms with Crippen LogP contribution in [0.1, 0.15) is 31.8 Å². The number of ether oxygens (including phenoxy) is 2. The van der Waals surface area contributed by atoms with Crippen LogP contribution in [0.3, 0.4) is 0 Å². The van der Waals surface area contributed by atoms with Crippen LogP contribution >= 0.6 is 0 Å². The predicted octanol–water partition coefficient (Wildman–Crippen LogP) is 3.89. The number of rotatable bonds is 10. The highest BCUT2D eigenvalue weighted by Crippen LogP contribution is 2.14. The van der Waals surface area contributed by atoms with E-state index in [1.807, 2.05) is 29.0 Å². The maximum absolute atomic E-state index is 12.7. The van der Waals surface area contributed by atoms with Gasteiger partial charge in [0.15, 0.2) is 0 Å². The minimum Gasteiger partial charge on any atom is -0.429 e. The molecule has 0 atom stereocenters. The van der Waals surface area contributed by atoms with Crippen LogP contribution in [0, 0.1) is 0 Å². The number of benzene rings is 3. The molecular weight excluding hydrogens is 534 g/mol. The van der Waals surface area contributed by atoms with E-state index in [9.17, 15) is 22.8 Å². The Morgan fingerprint density at radius 2 is 1.40 bits per heavy atom. The molecule has 0 radical (unpaired) electrons. The summed E-state index contributed by atoms with van der Waals surface area (Å²) < 4.78 is 37.3. The molecule has 0 aliphatic rings. The van der Waals surface area contributed by atoms with E-state index in [2.05, 4.69) is 10.3 Å². The lowest BCUT2D eigenvalue weighted by Gasteiger charge is -2.09. The third-order valence-corrected chi connectivity index (χ3v) is 6.93. The van der Waals surface area contributed by atoms with Gasteiger partial charge in [0.1, 0.15) is 6.61 Å². The Labute approximate surface area is 231 Å². The van der Waals surface area contributed by atoms with Crippen molar-refractivity contribution >= 4 is 28.0 Å². The van der Waals surface area contributed by atoms with Gasteiger partial charge in [-0.3, -0.25) is 9.59 Å². The van der Waals surface area contributed by atoms with Crippen LogP contribution in [-0.4, -0.2) is 37.9 Å². The van der Waals surface area contributed by atoms with Gasteiger partial charge in [0, 0.05) is 24.4 Å². The molecule has 0 bridgehead atoms. The van der Waals surface area contributed by atoms with Crippen molar-refractivity contribution in [3.05, 3.63) is 126 Å². The maximum atomic E-state index is 12.7. The molecule has 10 nitrogen and oxygen atoms in total. The van der Waals surface area contributed by atoms with Crippen molar-refractivity contribution in [3.63, 3.8) is 0 Å². The Balaban J connectivity index is 1.26. The van der Waals surface area contributed by atoms with Gasteiger partial charge in [-0.05, 0) is 47.9 Å². The molecule has 1 heterocycles. The molecule has 40 heavy (non-hydrogen) atoms. The Morgan fingerprint density at radius 1 is 0.725 bits per heavy atom. The number of aromatic nitrogens is 1. The Morgan fingerprint density at radius 3 is 2.05 bits per heavy atom.